The zero-order valence-corrected chi connectivity index (χ0v) is 12.6. The summed E-state index contributed by atoms with van der Waals surface area (Å²) in [4.78, 5) is 17.9. The number of nitrogens with zero attached hydrogens (tertiary/aromatic N) is 1. The van der Waals surface area contributed by atoms with Crippen LogP contribution in [0.4, 0.5) is 0 Å². The summed E-state index contributed by atoms with van der Waals surface area (Å²) in [6.07, 6.45) is 0. The van der Waals surface area contributed by atoms with Gasteiger partial charge in [0.2, 0.25) is 0 Å². The zero-order chi connectivity index (χ0) is 15.8. The third-order valence-electron chi connectivity index (χ3n) is 2.78. The van der Waals surface area contributed by atoms with Crippen LogP contribution in [0.2, 0.25) is 0 Å². The lowest BCUT2D eigenvalue weighted by Gasteiger charge is -2.17. The third-order valence-corrected chi connectivity index (χ3v) is 3.66. The largest absolute Gasteiger partial charge is 0.480 e. The number of hydrogen-bond acceptors (Lipinski definition) is 8. The van der Waals surface area contributed by atoms with Crippen molar-refractivity contribution in [3.63, 3.8) is 0 Å². The van der Waals surface area contributed by atoms with Crippen LogP contribution in [0.15, 0.2) is 22.7 Å². The molecular weight excluding hydrogens is 311 g/mol. The quantitative estimate of drug-likeness (QED) is 0.268. The van der Waals surface area contributed by atoms with E-state index >= 15 is 0 Å². The summed E-state index contributed by atoms with van der Waals surface area (Å²) < 4.78 is 10.3. The molecule has 3 N–H and O–H groups in total. The molecule has 1 atom stereocenters. The number of aliphatic hydroxyl groups is 1. The number of aliphatic hydroxyl groups excluding tert-OH is 1. The Balaban J connectivity index is 2.06. The van der Waals surface area contributed by atoms with Crippen LogP contribution in [0.1, 0.15) is 4.88 Å². The van der Waals surface area contributed by atoms with Gasteiger partial charge in [-0.15, -0.1) is 11.3 Å². The number of carbonyl (C=O) groups excluding carboxylic acids is 1. The van der Waals surface area contributed by atoms with E-state index in [1.165, 1.54) is 11.3 Å². The highest BCUT2D eigenvalue weighted by Gasteiger charge is 2.32. The lowest BCUT2D eigenvalue weighted by molar-refractivity contribution is -0.115. The fourth-order valence-electron chi connectivity index (χ4n) is 1.75. The molecule has 1 aliphatic heterocycles. The van der Waals surface area contributed by atoms with Gasteiger partial charge in [-0.3, -0.25) is 4.79 Å². The van der Waals surface area contributed by atoms with Crippen molar-refractivity contribution in [1.82, 2.24) is 5.32 Å². The molecule has 0 aliphatic carbocycles. The van der Waals surface area contributed by atoms with Crippen molar-refractivity contribution in [3.05, 3.63) is 22.4 Å². The minimum absolute atomic E-state index is 0.0135. The van der Waals surface area contributed by atoms with Crippen LogP contribution in [0.5, 0.6) is 0 Å². The van der Waals surface area contributed by atoms with Crippen molar-refractivity contribution < 1.29 is 29.2 Å². The smallest absolute Gasteiger partial charge is 0.426 e. The predicted molar refractivity (Wildman–Crippen MR) is 80.6 cm³/mol. The third kappa shape index (κ3) is 4.78. The molecule has 1 unspecified atom stereocenters. The molecule has 1 saturated heterocycles. The van der Waals surface area contributed by atoms with E-state index in [4.69, 9.17) is 19.3 Å². The Bertz CT molecular complexity index is 498. The predicted octanol–water partition coefficient (Wildman–Crippen LogP) is -0.988. The summed E-state index contributed by atoms with van der Waals surface area (Å²) in [7, 11) is -1.14. The molecule has 1 aromatic rings. The molecule has 1 aliphatic rings. The molecule has 0 saturated carbocycles. The van der Waals surface area contributed by atoms with E-state index in [-0.39, 0.29) is 32.1 Å². The molecule has 1 fully saturated rings. The molecule has 10 heteroatoms. The SMILES string of the molecule is O=C(NC1COCCOB1O)/C(=N\OCCO)c1cccs1. The first-order valence-corrected chi connectivity index (χ1v) is 7.63. The van der Waals surface area contributed by atoms with E-state index in [0.717, 1.165) is 0 Å². The van der Waals surface area contributed by atoms with Gasteiger partial charge in [-0.05, 0) is 11.4 Å². The van der Waals surface area contributed by atoms with Gasteiger partial charge in [0.05, 0.1) is 37.2 Å². The number of rotatable bonds is 6. The van der Waals surface area contributed by atoms with Crippen LogP contribution in [0.25, 0.3) is 0 Å². The molecule has 2 heterocycles. The number of amides is 1. The second-order valence-corrected chi connectivity index (χ2v) is 5.34. The first kappa shape index (κ1) is 16.9. The Morgan fingerprint density at radius 1 is 1.59 bits per heavy atom. The lowest BCUT2D eigenvalue weighted by atomic mass is 9.79. The van der Waals surface area contributed by atoms with Gasteiger partial charge >= 0.3 is 7.12 Å². The minimum atomic E-state index is -1.14. The zero-order valence-electron chi connectivity index (χ0n) is 11.8. The maximum absolute atomic E-state index is 12.4. The van der Waals surface area contributed by atoms with Gasteiger partial charge in [0.25, 0.3) is 5.91 Å². The van der Waals surface area contributed by atoms with Crippen LogP contribution in [0, 0.1) is 0 Å². The monoisotopic (exact) mass is 328 g/mol. The maximum Gasteiger partial charge on any atom is 0.480 e. The molecule has 0 aromatic carbocycles. The standard InChI is InChI=1S/C12H17BN2O6S/c16-3-4-21-15-11(9-2-1-7-22-9)12(17)14-10-8-19-5-6-20-13(10)18/h1-2,7,10,16,18H,3-6,8H2,(H,14,17)/b15-11-. The average molecular weight is 328 g/mol. The van der Waals surface area contributed by atoms with Crippen LogP contribution in [-0.4, -0.2) is 67.8 Å². The van der Waals surface area contributed by atoms with Gasteiger partial charge in [-0.2, -0.15) is 0 Å². The summed E-state index contributed by atoms with van der Waals surface area (Å²) in [6.45, 7) is 0.544. The van der Waals surface area contributed by atoms with Crippen molar-refractivity contribution in [3.8, 4) is 0 Å². The molecule has 8 nitrogen and oxygen atoms in total. The van der Waals surface area contributed by atoms with Gasteiger partial charge in [0.15, 0.2) is 5.71 Å². The molecule has 0 radical (unpaired) electrons. The molecule has 22 heavy (non-hydrogen) atoms. The van der Waals surface area contributed by atoms with E-state index < -0.39 is 19.0 Å². The van der Waals surface area contributed by atoms with Crippen molar-refractivity contribution in [1.29, 1.82) is 0 Å². The minimum Gasteiger partial charge on any atom is -0.426 e. The normalized spacial score (nSPS) is 19.6. The summed E-state index contributed by atoms with van der Waals surface area (Å²) in [5.74, 6) is -1.21. The second-order valence-electron chi connectivity index (χ2n) is 4.39. The molecule has 2 rings (SSSR count). The van der Waals surface area contributed by atoms with E-state index in [2.05, 4.69) is 10.5 Å². The summed E-state index contributed by atoms with van der Waals surface area (Å²) in [6, 6.07) is 3.50. The highest BCUT2D eigenvalue weighted by atomic mass is 32.1. The Morgan fingerprint density at radius 2 is 2.45 bits per heavy atom. The van der Waals surface area contributed by atoms with Gasteiger partial charge in [-0.25, -0.2) is 0 Å². The first-order valence-electron chi connectivity index (χ1n) is 6.75. The first-order chi connectivity index (χ1) is 10.7. The number of oxime groups is 1. The van der Waals surface area contributed by atoms with Gasteiger partial charge in [0.1, 0.15) is 6.61 Å². The van der Waals surface area contributed by atoms with Crippen LogP contribution in [0.3, 0.4) is 0 Å². The highest BCUT2D eigenvalue weighted by Crippen LogP contribution is 2.11. The Labute approximate surface area is 131 Å². The second kappa shape index (κ2) is 8.86. The number of nitrogens with one attached hydrogen (secondary N) is 1. The fraction of sp³-hybridized carbons (Fsp3) is 0.500. The van der Waals surface area contributed by atoms with Crippen LogP contribution < -0.4 is 5.32 Å². The number of carbonyl (C=O) groups is 1. The number of thiophene rings is 1. The molecule has 1 aromatic heterocycles. The maximum atomic E-state index is 12.4. The van der Waals surface area contributed by atoms with Crippen molar-refractivity contribution in [2.75, 3.05) is 33.0 Å². The summed E-state index contributed by atoms with van der Waals surface area (Å²) in [5, 5.41) is 26.7. The Morgan fingerprint density at radius 3 is 3.18 bits per heavy atom. The van der Waals surface area contributed by atoms with Crippen molar-refractivity contribution in [2.24, 2.45) is 5.16 Å². The average Bonchev–Trinajstić information content (AvgIpc) is 2.96. The highest BCUT2D eigenvalue weighted by molar-refractivity contribution is 7.13. The van der Waals surface area contributed by atoms with E-state index in [9.17, 15) is 9.82 Å². The molecule has 1 amide bonds. The van der Waals surface area contributed by atoms with Crippen molar-refractivity contribution in [2.45, 2.75) is 5.94 Å². The lowest BCUT2D eigenvalue weighted by Crippen LogP contribution is -2.51. The van der Waals surface area contributed by atoms with E-state index in [0.29, 0.717) is 11.5 Å². The van der Waals surface area contributed by atoms with Crippen LogP contribution >= 0.6 is 11.3 Å². The number of hydrogen-bond donors (Lipinski definition) is 3. The van der Waals surface area contributed by atoms with Crippen molar-refractivity contribution >= 4 is 30.1 Å². The van der Waals surface area contributed by atoms with Gasteiger partial charge < -0.3 is 29.7 Å². The molecule has 0 spiro atoms. The summed E-state index contributed by atoms with van der Waals surface area (Å²) >= 11 is 1.33. The topological polar surface area (TPSA) is 110 Å². The molecular formula is C12H17BN2O6S. The molecule has 0 bridgehead atoms. The van der Waals surface area contributed by atoms with Crippen LogP contribution in [-0.2, 0) is 19.0 Å². The Kier molecular flexibility index (Phi) is 6.81. The van der Waals surface area contributed by atoms with E-state index in [1.54, 1.807) is 17.5 Å². The van der Waals surface area contributed by atoms with E-state index in [1.807, 2.05) is 0 Å². The van der Waals surface area contributed by atoms with Gasteiger partial charge in [0, 0.05) is 0 Å². The fourth-order valence-corrected chi connectivity index (χ4v) is 2.45. The number of ether oxygens (including phenoxy) is 1. The summed E-state index contributed by atoms with van der Waals surface area (Å²) in [5.41, 5.74) is 0.0693. The van der Waals surface area contributed by atoms with Gasteiger partial charge in [-0.1, -0.05) is 11.2 Å². The molecule has 120 valence electrons. The Hall–Kier alpha value is -1.46.